The number of fused-ring (bicyclic) bond motifs is 1. The number of carbonyl (C=O) groups excluding carboxylic acids is 1. The molecular weight excluding hydrogens is 474 g/mol. The third-order valence-electron chi connectivity index (χ3n) is 7.78. The van der Waals surface area contributed by atoms with Crippen molar-refractivity contribution in [2.24, 2.45) is 11.8 Å². The summed E-state index contributed by atoms with van der Waals surface area (Å²) >= 11 is 6.27. The van der Waals surface area contributed by atoms with Crippen molar-refractivity contribution in [2.75, 3.05) is 33.1 Å². The average Bonchev–Trinajstić information content (AvgIpc) is 3.74. The summed E-state index contributed by atoms with van der Waals surface area (Å²) < 4.78 is 5.30. The third kappa shape index (κ3) is 5.02. The molecule has 0 spiro atoms. The van der Waals surface area contributed by atoms with Gasteiger partial charge < -0.3 is 20.1 Å². The number of rotatable bonds is 8. The van der Waals surface area contributed by atoms with Crippen LogP contribution in [0.5, 0.6) is 11.5 Å². The first kappa shape index (κ1) is 24.8. The highest BCUT2D eigenvalue weighted by molar-refractivity contribution is 6.32. The number of halogens is 1. The number of pyridine rings is 1. The molecule has 0 amide bonds. The van der Waals surface area contributed by atoms with E-state index in [-0.39, 0.29) is 22.5 Å². The van der Waals surface area contributed by atoms with Gasteiger partial charge in [0.2, 0.25) is 0 Å². The molecular formula is C29H34ClN3O3. The number of aromatic hydroxyl groups is 1. The highest BCUT2D eigenvalue weighted by Gasteiger charge is 2.33. The number of Topliss-reactive ketones (excluding diaryl/α,β-unsaturated/α-hetero) is 1. The summed E-state index contributed by atoms with van der Waals surface area (Å²) in [4.78, 5) is 20.2. The molecule has 2 aliphatic rings. The summed E-state index contributed by atoms with van der Waals surface area (Å²) in [6, 6.07) is 10.2. The molecule has 2 saturated carbocycles. The molecule has 190 valence electrons. The molecule has 6 nitrogen and oxygen atoms in total. The fraction of sp³-hybridized carbons (Fsp3) is 0.448. The molecule has 0 bridgehead atoms. The largest absolute Gasteiger partial charge is 0.503 e. The van der Waals surface area contributed by atoms with Crippen molar-refractivity contribution in [1.29, 1.82) is 0 Å². The van der Waals surface area contributed by atoms with Crippen LogP contribution in [0, 0.1) is 11.8 Å². The van der Waals surface area contributed by atoms with Gasteiger partial charge in [-0.3, -0.25) is 9.78 Å². The second kappa shape index (κ2) is 10.3. The van der Waals surface area contributed by atoms with Gasteiger partial charge in [-0.2, -0.15) is 0 Å². The maximum absolute atomic E-state index is 13.2. The molecule has 0 saturated heterocycles. The number of benzene rings is 2. The minimum atomic E-state index is -0.0750. The SMILES string of the molecule is COc1cc(-c2ccc3ncc(C(=O)C4CC4)c(NC[C@H]4CC[C@H](N(C)C)CC4)c3c2)cc(Cl)c1O. The first-order valence-corrected chi connectivity index (χ1v) is 13.2. The Morgan fingerprint density at radius 3 is 2.53 bits per heavy atom. The van der Waals surface area contributed by atoms with Gasteiger partial charge in [-0.05, 0) is 93.9 Å². The van der Waals surface area contributed by atoms with Crippen LogP contribution in [0.25, 0.3) is 22.0 Å². The van der Waals surface area contributed by atoms with Crippen molar-refractivity contribution in [1.82, 2.24) is 9.88 Å². The Labute approximate surface area is 217 Å². The third-order valence-corrected chi connectivity index (χ3v) is 8.07. The molecule has 7 heteroatoms. The zero-order valence-electron chi connectivity index (χ0n) is 21.2. The van der Waals surface area contributed by atoms with Crippen molar-refractivity contribution < 1.29 is 14.6 Å². The van der Waals surface area contributed by atoms with E-state index in [1.54, 1.807) is 18.3 Å². The van der Waals surface area contributed by atoms with Crippen molar-refractivity contribution >= 4 is 34.0 Å². The minimum absolute atomic E-state index is 0.0750. The lowest BCUT2D eigenvalue weighted by atomic mass is 9.85. The van der Waals surface area contributed by atoms with Crippen LogP contribution in [0.3, 0.4) is 0 Å². The molecule has 2 aromatic carbocycles. The van der Waals surface area contributed by atoms with Gasteiger partial charge in [-0.1, -0.05) is 17.7 Å². The Bertz CT molecular complexity index is 1280. The Balaban J connectivity index is 1.50. The number of nitrogens with zero attached hydrogens (tertiary/aromatic N) is 2. The van der Waals surface area contributed by atoms with Gasteiger partial charge in [0.15, 0.2) is 17.3 Å². The molecule has 0 unspecified atom stereocenters. The molecule has 5 rings (SSSR count). The van der Waals surface area contributed by atoms with Gasteiger partial charge in [0, 0.05) is 30.1 Å². The quantitative estimate of drug-likeness (QED) is 0.344. The van der Waals surface area contributed by atoms with E-state index >= 15 is 0 Å². The molecule has 0 radical (unpaired) electrons. The number of carbonyl (C=O) groups is 1. The normalized spacial score (nSPS) is 20.0. The lowest BCUT2D eigenvalue weighted by Gasteiger charge is -2.33. The number of hydrogen-bond acceptors (Lipinski definition) is 6. The molecule has 1 heterocycles. The van der Waals surface area contributed by atoms with Crippen molar-refractivity contribution in [3.05, 3.63) is 47.1 Å². The summed E-state index contributed by atoms with van der Waals surface area (Å²) in [5, 5.41) is 15.0. The Morgan fingerprint density at radius 1 is 1.11 bits per heavy atom. The smallest absolute Gasteiger partial charge is 0.176 e. The Kier molecular flexibility index (Phi) is 7.09. The fourth-order valence-corrected chi connectivity index (χ4v) is 5.53. The first-order chi connectivity index (χ1) is 17.4. The van der Waals surface area contributed by atoms with E-state index in [2.05, 4.69) is 35.4 Å². The van der Waals surface area contributed by atoms with Crippen LogP contribution in [0.4, 0.5) is 5.69 Å². The second-order valence-corrected chi connectivity index (χ2v) is 10.9. The zero-order chi connectivity index (χ0) is 25.4. The minimum Gasteiger partial charge on any atom is -0.503 e. The predicted molar refractivity (Wildman–Crippen MR) is 145 cm³/mol. The summed E-state index contributed by atoms with van der Waals surface area (Å²) in [5.41, 5.74) is 4.14. The number of ketones is 1. The number of phenolic OH excluding ortho intramolecular Hbond substituents is 1. The monoisotopic (exact) mass is 507 g/mol. The van der Waals surface area contributed by atoms with E-state index in [0.717, 1.165) is 47.1 Å². The van der Waals surface area contributed by atoms with Gasteiger partial charge in [-0.15, -0.1) is 0 Å². The van der Waals surface area contributed by atoms with Gasteiger partial charge in [0.1, 0.15) is 0 Å². The van der Waals surface area contributed by atoms with Gasteiger partial charge in [0.05, 0.1) is 28.9 Å². The lowest BCUT2D eigenvalue weighted by Crippen LogP contribution is -2.33. The maximum atomic E-state index is 13.2. The fourth-order valence-electron chi connectivity index (χ4n) is 5.32. The molecule has 3 aromatic rings. The van der Waals surface area contributed by atoms with Crippen LogP contribution in [-0.4, -0.2) is 54.6 Å². The van der Waals surface area contributed by atoms with E-state index in [4.69, 9.17) is 16.3 Å². The van der Waals surface area contributed by atoms with Gasteiger partial charge >= 0.3 is 0 Å². The number of anilines is 1. The first-order valence-electron chi connectivity index (χ1n) is 12.8. The van der Waals surface area contributed by atoms with Crippen LogP contribution in [-0.2, 0) is 0 Å². The Morgan fingerprint density at radius 2 is 1.86 bits per heavy atom. The lowest BCUT2D eigenvalue weighted by molar-refractivity contribution is 0.0968. The van der Waals surface area contributed by atoms with E-state index in [9.17, 15) is 9.90 Å². The van der Waals surface area contributed by atoms with E-state index in [1.807, 2.05) is 12.1 Å². The molecule has 2 N–H and O–H groups in total. The van der Waals surface area contributed by atoms with E-state index in [0.29, 0.717) is 23.3 Å². The number of nitrogens with one attached hydrogen (secondary N) is 1. The topological polar surface area (TPSA) is 74.7 Å². The van der Waals surface area contributed by atoms with Gasteiger partial charge in [-0.25, -0.2) is 0 Å². The van der Waals surface area contributed by atoms with Crippen LogP contribution in [0.15, 0.2) is 36.5 Å². The predicted octanol–water partition coefficient (Wildman–Crippen LogP) is 6.39. The van der Waals surface area contributed by atoms with E-state index < -0.39 is 0 Å². The molecule has 36 heavy (non-hydrogen) atoms. The van der Waals surface area contributed by atoms with Crippen molar-refractivity contribution in [3.8, 4) is 22.6 Å². The molecule has 0 aliphatic heterocycles. The molecule has 0 atom stereocenters. The van der Waals surface area contributed by atoms with Crippen LogP contribution >= 0.6 is 11.6 Å². The second-order valence-electron chi connectivity index (χ2n) is 10.4. The highest BCUT2D eigenvalue weighted by Crippen LogP contribution is 2.41. The standard InChI is InChI=1S/C29H34ClN3O3/c1-33(2)21-9-4-17(5-10-21)15-32-27-22-12-19(20-13-24(30)29(35)26(14-20)36-3)8-11-25(22)31-16-23(27)28(34)18-6-7-18/h8,11-14,16-18,21,35H,4-7,9-10,15H2,1-3H3,(H,31,32)/t17-,21-. The van der Waals surface area contributed by atoms with Crippen LogP contribution < -0.4 is 10.1 Å². The van der Waals surface area contributed by atoms with E-state index in [1.165, 1.54) is 32.8 Å². The number of phenols is 1. The summed E-state index contributed by atoms with van der Waals surface area (Å²) in [6.45, 7) is 0.841. The number of ether oxygens (including phenoxy) is 1. The summed E-state index contributed by atoms with van der Waals surface area (Å²) in [5.74, 6) is 1.12. The van der Waals surface area contributed by atoms with Crippen molar-refractivity contribution in [3.63, 3.8) is 0 Å². The highest BCUT2D eigenvalue weighted by atomic mass is 35.5. The van der Waals surface area contributed by atoms with Crippen LogP contribution in [0.2, 0.25) is 5.02 Å². The average molecular weight is 508 g/mol. The molecule has 1 aromatic heterocycles. The number of methoxy groups -OCH3 is 1. The zero-order valence-corrected chi connectivity index (χ0v) is 21.9. The summed E-state index contributed by atoms with van der Waals surface area (Å²) in [7, 11) is 5.83. The number of hydrogen-bond donors (Lipinski definition) is 2. The van der Waals surface area contributed by atoms with Crippen molar-refractivity contribution in [2.45, 2.75) is 44.6 Å². The molecule has 2 fully saturated rings. The summed E-state index contributed by atoms with van der Waals surface area (Å²) in [6.07, 6.45) is 8.43. The van der Waals surface area contributed by atoms with Gasteiger partial charge in [0.25, 0.3) is 0 Å². The maximum Gasteiger partial charge on any atom is 0.176 e. The molecule has 2 aliphatic carbocycles. The Hall–Kier alpha value is -2.83. The number of aromatic nitrogens is 1. The van der Waals surface area contributed by atoms with Crippen LogP contribution in [0.1, 0.15) is 48.9 Å².